The summed E-state index contributed by atoms with van der Waals surface area (Å²) in [5, 5.41) is 0. The molecule has 0 heterocycles. The van der Waals surface area contributed by atoms with Gasteiger partial charge in [-0.2, -0.15) is 0 Å². The summed E-state index contributed by atoms with van der Waals surface area (Å²) in [6.07, 6.45) is 3.04. The van der Waals surface area contributed by atoms with Crippen molar-refractivity contribution in [3.63, 3.8) is 0 Å². The summed E-state index contributed by atoms with van der Waals surface area (Å²) in [6.45, 7) is 0. The van der Waals surface area contributed by atoms with Crippen LogP contribution in [0.4, 0.5) is 0 Å². The van der Waals surface area contributed by atoms with Crippen molar-refractivity contribution < 1.29 is 28.5 Å². The van der Waals surface area contributed by atoms with E-state index in [0.717, 1.165) is 28.7 Å². The van der Waals surface area contributed by atoms with Crippen LogP contribution < -0.4 is 9.47 Å². The van der Waals surface area contributed by atoms with Crippen LogP contribution in [0.2, 0.25) is 0 Å². The minimum Gasteiger partial charge on any atom is -0.495 e. The predicted molar refractivity (Wildman–Crippen MR) is 91.6 cm³/mol. The molecule has 1 aromatic carbocycles. The normalized spacial score (nSPS) is 18.3. The van der Waals surface area contributed by atoms with Gasteiger partial charge in [0.15, 0.2) is 17.3 Å². The van der Waals surface area contributed by atoms with Gasteiger partial charge in [-0.3, -0.25) is 4.79 Å². The Morgan fingerprint density at radius 3 is 2.20 bits per heavy atom. The molecule has 6 nitrogen and oxygen atoms in total. The van der Waals surface area contributed by atoms with Gasteiger partial charge in [0.1, 0.15) is 0 Å². The topological polar surface area (TPSA) is 63.2 Å². The lowest BCUT2D eigenvalue weighted by Crippen LogP contribution is -2.47. The summed E-state index contributed by atoms with van der Waals surface area (Å²) in [6, 6.07) is 3.88. The molecule has 0 atom stereocenters. The molecule has 0 amide bonds. The lowest BCUT2D eigenvalue weighted by Gasteiger charge is -2.37. The minimum atomic E-state index is -1.54. The molecule has 0 aromatic heterocycles. The van der Waals surface area contributed by atoms with Gasteiger partial charge in [0.05, 0.1) is 21.3 Å². The number of allylic oxidation sites excluding steroid dienone is 2. The molecule has 1 aromatic rings. The number of carbonyl (C=O) groups is 1. The highest BCUT2D eigenvalue weighted by molar-refractivity contribution is 6.10. The number of hydrogen-bond acceptors (Lipinski definition) is 6. The first-order chi connectivity index (χ1) is 12.1. The van der Waals surface area contributed by atoms with Gasteiger partial charge in [-0.15, -0.1) is 0 Å². The maximum absolute atomic E-state index is 12.9. The number of rotatable bonds is 5. The molecule has 0 N–H and O–H groups in total. The van der Waals surface area contributed by atoms with E-state index < -0.39 is 5.79 Å². The minimum absolute atomic E-state index is 0.328. The molecule has 0 spiro atoms. The highest BCUT2D eigenvalue weighted by atomic mass is 16.7. The number of fused-ring (bicyclic) bond motifs is 3. The molecule has 2 aliphatic carbocycles. The monoisotopic (exact) mass is 346 g/mol. The van der Waals surface area contributed by atoms with E-state index in [4.69, 9.17) is 23.7 Å². The smallest absolute Gasteiger partial charge is 0.293 e. The van der Waals surface area contributed by atoms with Gasteiger partial charge in [0, 0.05) is 25.4 Å². The highest BCUT2D eigenvalue weighted by Gasteiger charge is 2.49. The van der Waals surface area contributed by atoms with Gasteiger partial charge in [0.2, 0.25) is 5.78 Å². The Bertz CT molecular complexity index is 770. The zero-order valence-corrected chi connectivity index (χ0v) is 15.1. The summed E-state index contributed by atoms with van der Waals surface area (Å²) >= 11 is 0. The molecule has 0 bridgehead atoms. The molecule has 2 aliphatic rings. The van der Waals surface area contributed by atoms with Crippen LogP contribution in [0.15, 0.2) is 29.5 Å². The van der Waals surface area contributed by atoms with E-state index in [1.807, 2.05) is 12.1 Å². The van der Waals surface area contributed by atoms with E-state index in [2.05, 4.69) is 0 Å². The fraction of sp³-hybridized carbons (Fsp3) is 0.421. The zero-order valence-electron chi connectivity index (χ0n) is 15.1. The second-order valence-electron chi connectivity index (χ2n) is 5.79. The van der Waals surface area contributed by atoms with Crippen LogP contribution in [0.5, 0.6) is 11.5 Å². The number of aryl methyl sites for hydroxylation is 1. The summed E-state index contributed by atoms with van der Waals surface area (Å²) in [7, 11) is 7.56. The van der Waals surface area contributed by atoms with E-state index in [9.17, 15) is 4.79 Å². The largest absolute Gasteiger partial charge is 0.495 e. The Kier molecular flexibility index (Phi) is 4.58. The van der Waals surface area contributed by atoms with E-state index in [1.165, 1.54) is 21.3 Å². The average Bonchev–Trinajstić information content (AvgIpc) is 2.65. The van der Waals surface area contributed by atoms with Gasteiger partial charge < -0.3 is 23.7 Å². The Morgan fingerprint density at radius 1 is 0.920 bits per heavy atom. The van der Waals surface area contributed by atoms with Crippen LogP contribution in [0, 0.1) is 0 Å². The first-order valence-corrected chi connectivity index (χ1v) is 7.96. The van der Waals surface area contributed by atoms with Crippen molar-refractivity contribution in [1.29, 1.82) is 0 Å². The van der Waals surface area contributed by atoms with Crippen LogP contribution in [-0.2, 0) is 25.4 Å². The summed E-state index contributed by atoms with van der Waals surface area (Å²) in [5.74, 6) is -0.266. The van der Waals surface area contributed by atoms with E-state index in [0.29, 0.717) is 23.7 Å². The molecule has 0 saturated carbocycles. The fourth-order valence-electron chi connectivity index (χ4n) is 3.68. The summed E-state index contributed by atoms with van der Waals surface area (Å²) in [5.41, 5.74) is 3.60. The van der Waals surface area contributed by atoms with E-state index in [-0.39, 0.29) is 5.78 Å². The van der Waals surface area contributed by atoms with Gasteiger partial charge in [-0.25, -0.2) is 0 Å². The Labute approximate surface area is 147 Å². The second-order valence-corrected chi connectivity index (χ2v) is 5.79. The van der Waals surface area contributed by atoms with Crippen molar-refractivity contribution >= 4 is 11.4 Å². The lowest BCUT2D eigenvalue weighted by atomic mass is 9.77. The Balaban J connectivity index is 2.29. The molecular formula is C19H22O6. The Morgan fingerprint density at radius 2 is 1.64 bits per heavy atom. The van der Waals surface area contributed by atoms with Crippen molar-refractivity contribution in [2.75, 3.05) is 35.5 Å². The quantitative estimate of drug-likeness (QED) is 0.764. The molecule has 25 heavy (non-hydrogen) atoms. The van der Waals surface area contributed by atoms with Crippen LogP contribution in [0.25, 0.3) is 5.57 Å². The van der Waals surface area contributed by atoms with Crippen molar-refractivity contribution in [3.05, 3.63) is 40.7 Å². The number of carbonyl (C=O) groups excluding carboxylic acids is 1. The van der Waals surface area contributed by atoms with Gasteiger partial charge >= 0.3 is 0 Å². The second kappa shape index (κ2) is 6.54. The van der Waals surface area contributed by atoms with Gasteiger partial charge in [-0.05, 0) is 36.1 Å². The first-order valence-electron chi connectivity index (χ1n) is 7.96. The zero-order chi connectivity index (χ0) is 18.2. The van der Waals surface area contributed by atoms with Gasteiger partial charge in [-0.1, -0.05) is 6.07 Å². The Hall–Kier alpha value is -2.31. The maximum Gasteiger partial charge on any atom is 0.293 e. The number of ether oxygens (including phenoxy) is 5. The molecular weight excluding hydrogens is 324 g/mol. The maximum atomic E-state index is 12.9. The van der Waals surface area contributed by atoms with E-state index in [1.54, 1.807) is 20.3 Å². The number of methoxy groups -OCH3 is 5. The van der Waals surface area contributed by atoms with Crippen LogP contribution in [0.1, 0.15) is 17.5 Å². The van der Waals surface area contributed by atoms with Crippen molar-refractivity contribution in [1.82, 2.24) is 0 Å². The number of hydrogen-bond donors (Lipinski definition) is 0. The standard InChI is InChI=1S/C19H22O6/c1-21-14-9-7-11-6-8-12-13(16(11)17(14)22-2)10-15(20)19(24-4,25-5)18(12)23-3/h7,9-10H,6,8H2,1-5H3. The van der Waals surface area contributed by atoms with Crippen molar-refractivity contribution in [3.8, 4) is 11.5 Å². The fourth-order valence-corrected chi connectivity index (χ4v) is 3.68. The van der Waals surface area contributed by atoms with Gasteiger partial charge in [0.25, 0.3) is 5.79 Å². The molecule has 134 valence electrons. The number of benzene rings is 1. The average molecular weight is 346 g/mol. The lowest BCUT2D eigenvalue weighted by molar-refractivity contribution is -0.199. The molecule has 3 rings (SSSR count). The first kappa shape index (κ1) is 17.5. The molecule has 0 aliphatic heterocycles. The van der Waals surface area contributed by atoms with Crippen molar-refractivity contribution in [2.45, 2.75) is 18.6 Å². The van der Waals surface area contributed by atoms with Crippen LogP contribution >= 0.6 is 0 Å². The molecule has 0 unspecified atom stereocenters. The SMILES string of the molecule is COC1=C2CCc3ccc(OC)c(OC)c3C2=CC(=O)C1(OC)OC. The summed E-state index contributed by atoms with van der Waals surface area (Å²) < 4.78 is 27.4. The number of ketones is 1. The highest BCUT2D eigenvalue weighted by Crippen LogP contribution is 2.49. The predicted octanol–water partition coefficient (Wildman–Crippen LogP) is 2.51. The van der Waals surface area contributed by atoms with Crippen LogP contribution in [0.3, 0.4) is 0 Å². The van der Waals surface area contributed by atoms with Crippen molar-refractivity contribution in [2.24, 2.45) is 0 Å². The third-order valence-electron chi connectivity index (χ3n) is 4.82. The van der Waals surface area contributed by atoms with Crippen LogP contribution in [-0.4, -0.2) is 47.1 Å². The summed E-state index contributed by atoms with van der Waals surface area (Å²) in [4.78, 5) is 12.9. The molecule has 0 radical (unpaired) electrons. The molecule has 6 heteroatoms. The van der Waals surface area contributed by atoms with E-state index >= 15 is 0 Å². The molecule has 0 fully saturated rings. The third-order valence-corrected chi connectivity index (χ3v) is 4.82. The molecule has 0 saturated heterocycles. The third kappa shape index (κ3) is 2.36.